The maximum atomic E-state index is 10.8. The zero-order chi connectivity index (χ0) is 23.0. The Hall–Kier alpha value is -2.08. The third-order valence-corrected chi connectivity index (χ3v) is 5.62. The molecule has 31 heavy (non-hydrogen) atoms. The molecule has 2 N–H and O–H groups in total. The van der Waals surface area contributed by atoms with Crippen LogP contribution in [0, 0.1) is 0 Å². The van der Waals surface area contributed by atoms with Crippen LogP contribution in [0.3, 0.4) is 0 Å². The van der Waals surface area contributed by atoms with Crippen molar-refractivity contribution in [2.45, 2.75) is 64.8 Å². The molecule has 2 unspecified atom stereocenters. The second kappa shape index (κ2) is 12.1. The van der Waals surface area contributed by atoms with Crippen molar-refractivity contribution in [2.75, 3.05) is 32.1 Å². The first-order chi connectivity index (χ1) is 14.7. The van der Waals surface area contributed by atoms with E-state index in [1.54, 1.807) is 0 Å². The first-order valence-electron chi connectivity index (χ1n) is 11.3. The largest absolute Gasteiger partial charge is 0.490 e. The smallest absolute Gasteiger partial charge is 0.125 e. The molecule has 0 spiro atoms. The molecule has 172 valence electrons. The van der Waals surface area contributed by atoms with Crippen molar-refractivity contribution in [3.8, 4) is 5.75 Å². The third-order valence-electron chi connectivity index (χ3n) is 5.62. The number of benzene rings is 2. The average Bonchev–Trinajstić information content (AvgIpc) is 2.74. The second-order valence-electron chi connectivity index (χ2n) is 9.00. The van der Waals surface area contributed by atoms with Crippen LogP contribution in [0.25, 0.3) is 0 Å². The molecule has 0 aromatic heterocycles. The lowest BCUT2D eigenvalue weighted by Gasteiger charge is -2.32. The molecule has 0 saturated heterocycles. The number of nitrogens with zero attached hydrogens (tertiary/aromatic N) is 2. The number of hydrogen-bond donors (Lipinski definition) is 2. The maximum Gasteiger partial charge on any atom is 0.125 e. The lowest BCUT2D eigenvalue weighted by molar-refractivity contribution is 0.0433. The molecule has 0 radical (unpaired) electrons. The topological polar surface area (TPSA) is 56.2 Å². The lowest BCUT2D eigenvalue weighted by Crippen LogP contribution is -2.43. The summed E-state index contributed by atoms with van der Waals surface area (Å²) in [6, 6.07) is 16.7. The van der Waals surface area contributed by atoms with Crippen molar-refractivity contribution in [1.82, 2.24) is 4.90 Å². The molecule has 0 bridgehead atoms. The molecule has 0 heterocycles. The predicted molar refractivity (Wildman–Crippen MR) is 129 cm³/mol. The summed E-state index contributed by atoms with van der Waals surface area (Å²) in [5.41, 5.74) is 3.13. The highest BCUT2D eigenvalue weighted by Gasteiger charge is 2.19. The van der Waals surface area contributed by atoms with Gasteiger partial charge in [0.05, 0.1) is 6.10 Å². The van der Waals surface area contributed by atoms with Crippen LogP contribution in [0.5, 0.6) is 5.75 Å². The minimum atomic E-state index is -0.621. The molecule has 0 amide bonds. The van der Waals surface area contributed by atoms with E-state index in [0.717, 1.165) is 17.7 Å². The Morgan fingerprint density at radius 3 is 2.06 bits per heavy atom. The number of hydrogen-bond acceptors (Lipinski definition) is 5. The summed E-state index contributed by atoms with van der Waals surface area (Å²) in [4.78, 5) is 4.32. The van der Waals surface area contributed by atoms with E-state index in [-0.39, 0.29) is 6.61 Å². The van der Waals surface area contributed by atoms with E-state index in [0.29, 0.717) is 30.8 Å². The Morgan fingerprint density at radius 1 is 0.871 bits per heavy atom. The average molecular weight is 429 g/mol. The number of anilines is 1. The minimum absolute atomic E-state index is 0.200. The van der Waals surface area contributed by atoms with E-state index in [1.165, 1.54) is 5.56 Å². The second-order valence-corrected chi connectivity index (χ2v) is 9.00. The maximum absolute atomic E-state index is 10.8. The molecule has 0 fully saturated rings. The van der Waals surface area contributed by atoms with E-state index in [1.807, 2.05) is 38.4 Å². The van der Waals surface area contributed by atoms with Gasteiger partial charge in [0.25, 0.3) is 0 Å². The fraction of sp³-hybridized carbons (Fsp3) is 0.538. The SMILES string of the molecule is CC(C)N(CC(O)COc1ccccc1C(O)CCc1ccc(N(C)C)cc1)C(C)C. The lowest BCUT2D eigenvalue weighted by atomic mass is 10.0. The van der Waals surface area contributed by atoms with Crippen molar-refractivity contribution in [1.29, 1.82) is 0 Å². The summed E-state index contributed by atoms with van der Waals surface area (Å²) in [6.45, 7) is 9.29. The first-order valence-corrected chi connectivity index (χ1v) is 11.3. The zero-order valence-corrected chi connectivity index (χ0v) is 20.0. The predicted octanol–water partition coefficient (Wildman–Crippen LogP) is 4.28. The van der Waals surface area contributed by atoms with Crippen LogP contribution in [-0.4, -0.2) is 60.5 Å². The number of rotatable bonds is 12. The van der Waals surface area contributed by atoms with Gasteiger partial charge in [0, 0.05) is 44.0 Å². The summed E-state index contributed by atoms with van der Waals surface area (Å²) in [5.74, 6) is 0.637. The molecule has 2 aromatic rings. The first kappa shape index (κ1) is 25.2. The highest BCUT2D eigenvalue weighted by Crippen LogP contribution is 2.28. The van der Waals surface area contributed by atoms with Gasteiger partial charge in [0.15, 0.2) is 0 Å². The van der Waals surface area contributed by atoms with Gasteiger partial charge >= 0.3 is 0 Å². The molecule has 5 heteroatoms. The van der Waals surface area contributed by atoms with Gasteiger partial charge in [0.2, 0.25) is 0 Å². The van der Waals surface area contributed by atoms with Crippen molar-refractivity contribution < 1.29 is 14.9 Å². The van der Waals surface area contributed by atoms with Gasteiger partial charge in [-0.05, 0) is 64.3 Å². The van der Waals surface area contributed by atoms with E-state index >= 15 is 0 Å². The van der Waals surface area contributed by atoms with Crippen LogP contribution in [0.1, 0.15) is 51.3 Å². The highest BCUT2D eigenvalue weighted by molar-refractivity contribution is 5.46. The third kappa shape index (κ3) is 7.84. The molecule has 0 aliphatic carbocycles. The molecular weight excluding hydrogens is 388 g/mol. The molecule has 0 aliphatic heterocycles. The molecule has 0 saturated carbocycles. The zero-order valence-electron chi connectivity index (χ0n) is 20.0. The molecule has 5 nitrogen and oxygen atoms in total. The van der Waals surface area contributed by atoms with Gasteiger partial charge in [-0.1, -0.05) is 30.3 Å². The van der Waals surface area contributed by atoms with Crippen LogP contribution in [0.4, 0.5) is 5.69 Å². The fourth-order valence-corrected chi connectivity index (χ4v) is 3.81. The number of ether oxygens (including phenoxy) is 1. The Kier molecular flexibility index (Phi) is 9.82. The summed E-state index contributed by atoms with van der Waals surface area (Å²) in [5, 5.41) is 21.3. The van der Waals surface area contributed by atoms with Gasteiger partial charge in [0.1, 0.15) is 18.5 Å². The van der Waals surface area contributed by atoms with Gasteiger partial charge in [-0.3, -0.25) is 4.90 Å². The molecule has 2 aromatic carbocycles. The summed E-state index contributed by atoms with van der Waals surface area (Å²) in [7, 11) is 4.05. The molecule has 2 atom stereocenters. The van der Waals surface area contributed by atoms with Gasteiger partial charge in [-0.15, -0.1) is 0 Å². The van der Waals surface area contributed by atoms with Gasteiger partial charge in [-0.2, -0.15) is 0 Å². The highest BCUT2D eigenvalue weighted by atomic mass is 16.5. The normalized spacial score (nSPS) is 13.6. The summed E-state index contributed by atoms with van der Waals surface area (Å²) < 4.78 is 5.93. The number of aryl methyl sites for hydroxylation is 1. The summed E-state index contributed by atoms with van der Waals surface area (Å²) >= 11 is 0. The number of aliphatic hydroxyl groups is 2. The van der Waals surface area contributed by atoms with E-state index < -0.39 is 12.2 Å². The van der Waals surface area contributed by atoms with Crippen molar-refractivity contribution >= 4 is 5.69 Å². The van der Waals surface area contributed by atoms with Crippen LogP contribution >= 0.6 is 0 Å². The van der Waals surface area contributed by atoms with Crippen molar-refractivity contribution in [3.05, 3.63) is 59.7 Å². The Bertz CT molecular complexity index is 766. The van der Waals surface area contributed by atoms with Gasteiger partial charge < -0.3 is 19.8 Å². The van der Waals surface area contributed by atoms with Crippen molar-refractivity contribution in [3.63, 3.8) is 0 Å². The Balaban J connectivity index is 1.94. The molecule has 0 aliphatic rings. The monoisotopic (exact) mass is 428 g/mol. The van der Waals surface area contributed by atoms with E-state index in [2.05, 4.69) is 61.8 Å². The number of aliphatic hydroxyl groups excluding tert-OH is 2. The Morgan fingerprint density at radius 2 is 1.48 bits per heavy atom. The van der Waals surface area contributed by atoms with Crippen LogP contribution < -0.4 is 9.64 Å². The summed E-state index contributed by atoms with van der Waals surface area (Å²) in [6.07, 6.45) is 0.178. The minimum Gasteiger partial charge on any atom is -0.490 e. The van der Waals surface area contributed by atoms with E-state index in [9.17, 15) is 10.2 Å². The van der Waals surface area contributed by atoms with Crippen LogP contribution in [-0.2, 0) is 6.42 Å². The Labute approximate surface area is 188 Å². The van der Waals surface area contributed by atoms with Crippen molar-refractivity contribution in [2.24, 2.45) is 0 Å². The van der Waals surface area contributed by atoms with Crippen LogP contribution in [0.2, 0.25) is 0 Å². The quantitative estimate of drug-likeness (QED) is 0.529. The molecular formula is C26H40N2O3. The van der Waals surface area contributed by atoms with E-state index in [4.69, 9.17) is 4.74 Å². The fourth-order valence-electron chi connectivity index (χ4n) is 3.81. The van der Waals surface area contributed by atoms with Crippen LogP contribution in [0.15, 0.2) is 48.5 Å². The molecule has 2 rings (SSSR count). The number of para-hydroxylation sites is 1. The standard InChI is InChI=1S/C26H40N2O3/c1-19(2)28(20(3)4)17-23(29)18-31-26-10-8-7-9-24(26)25(30)16-13-21-11-14-22(15-12-21)27(5)6/h7-12,14-15,19-20,23,25,29-30H,13,16-18H2,1-6H3. The van der Waals surface area contributed by atoms with Gasteiger partial charge in [-0.25, -0.2) is 0 Å².